The van der Waals surface area contributed by atoms with Gasteiger partial charge >= 0.3 is 0 Å². The van der Waals surface area contributed by atoms with Crippen LogP contribution < -0.4 is 0 Å². The minimum atomic E-state index is 1.01. The van der Waals surface area contributed by atoms with Crippen LogP contribution in [0.4, 0.5) is 0 Å². The lowest BCUT2D eigenvalue weighted by atomic mass is 9.98. The third-order valence-corrected chi connectivity index (χ3v) is 2.12. The van der Waals surface area contributed by atoms with Crippen molar-refractivity contribution in [2.24, 2.45) is 0 Å². The van der Waals surface area contributed by atoms with Gasteiger partial charge in [0.05, 0.1) is 5.69 Å². The molecule has 1 heterocycles. The van der Waals surface area contributed by atoms with Crippen LogP contribution in [-0.2, 0) is 6.42 Å². The van der Waals surface area contributed by atoms with Gasteiger partial charge in [0.25, 0.3) is 0 Å². The number of hydrogen-bond donors (Lipinski definition) is 0. The predicted octanol–water partition coefficient (Wildman–Crippen LogP) is 2.33. The Hall–Kier alpha value is -1.05. The van der Waals surface area contributed by atoms with Crippen LogP contribution in [0.15, 0.2) is 10.1 Å². The Morgan fingerprint density at radius 2 is 2.18 bits per heavy atom. The second-order valence-corrected chi connectivity index (χ2v) is 3.10. The van der Waals surface area contributed by atoms with E-state index >= 15 is 0 Å². The van der Waals surface area contributed by atoms with E-state index in [4.69, 9.17) is 4.52 Å². The molecule has 0 amide bonds. The van der Waals surface area contributed by atoms with Gasteiger partial charge in [-0.2, -0.15) is 0 Å². The summed E-state index contributed by atoms with van der Waals surface area (Å²) < 4.78 is 5.14. The van der Waals surface area contributed by atoms with Gasteiger partial charge in [-0.1, -0.05) is 16.8 Å². The number of aromatic nitrogens is 1. The van der Waals surface area contributed by atoms with Crippen molar-refractivity contribution >= 4 is 6.08 Å². The molecule has 11 heavy (non-hydrogen) atoms. The smallest absolute Gasteiger partial charge is 0.144 e. The first-order chi connectivity index (χ1) is 5.27. The van der Waals surface area contributed by atoms with Crippen molar-refractivity contribution in [2.75, 3.05) is 0 Å². The molecule has 0 unspecified atom stereocenters. The Morgan fingerprint density at radius 1 is 1.36 bits per heavy atom. The van der Waals surface area contributed by atoms with Gasteiger partial charge in [-0.25, -0.2) is 0 Å². The van der Waals surface area contributed by atoms with Gasteiger partial charge in [-0.15, -0.1) is 0 Å². The van der Waals surface area contributed by atoms with E-state index < -0.39 is 0 Å². The summed E-state index contributed by atoms with van der Waals surface area (Å²) in [7, 11) is 0. The molecule has 2 heteroatoms. The summed E-state index contributed by atoms with van der Waals surface area (Å²) in [6.45, 7) is 4.13. The first kappa shape index (κ1) is 6.65. The molecule has 0 aliphatic heterocycles. The number of hydrogen-bond acceptors (Lipinski definition) is 2. The van der Waals surface area contributed by atoms with Crippen LogP contribution in [0.25, 0.3) is 6.08 Å². The molecule has 0 saturated heterocycles. The van der Waals surface area contributed by atoms with Gasteiger partial charge in [0.1, 0.15) is 5.76 Å². The van der Waals surface area contributed by atoms with E-state index in [2.05, 4.69) is 18.2 Å². The van der Waals surface area contributed by atoms with Crippen molar-refractivity contribution in [3.8, 4) is 0 Å². The summed E-state index contributed by atoms with van der Waals surface area (Å²) in [5.41, 5.74) is 3.64. The van der Waals surface area contributed by atoms with Gasteiger partial charge < -0.3 is 4.52 Å². The SMILES string of the molecule is CC1=Cc2c(C)noc2CC1. The van der Waals surface area contributed by atoms with E-state index in [0.29, 0.717) is 0 Å². The second-order valence-electron chi connectivity index (χ2n) is 3.10. The standard InChI is InChI=1S/C9H11NO/c1-6-3-4-9-8(5-6)7(2)10-11-9/h5H,3-4H2,1-2H3. The lowest BCUT2D eigenvalue weighted by Gasteiger charge is -2.06. The van der Waals surface area contributed by atoms with Crippen molar-refractivity contribution in [3.63, 3.8) is 0 Å². The van der Waals surface area contributed by atoms with Gasteiger partial charge in [0.15, 0.2) is 0 Å². The zero-order valence-corrected chi connectivity index (χ0v) is 6.85. The second kappa shape index (κ2) is 2.22. The van der Waals surface area contributed by atoms with E-state index in [1.54, 1.807) is 0 Å². The number of nitrogens with zero attached hydrogens (tertiary/aromatic N) is 1. The fourth-order valence-corrected chi connectivity index (χ4v) is 1.42. The maximum absolute atomic E-state index is 5.14. The Labute approximate surface area is 65.9 Å². The highest BCUT2D eigenvalue weighted by atomic mass is 16.5. The third-order valence-electron chi connectivity index (χ3n) is 2.12. The first-order valence-corrected chi connectivity index (χ1v) is 3.89. The molecule has 2 rings (SSSR count). The molecule has 0 atom stereocenters. The molecule has 1 aliphatic rings. The molecule has 1 aromatic rings. The van der Waals surface area contributed by atoms with E-state index in [1.165, 1.54) is 11.1 Å². The minimum absolute atomic E-state index is 1.01. The fraction of sp³-hybridized carbons (Fsp3) is 0.444. The first-order valence-electron chi connectivity index (χ1n) is 3.89. The topological polar surface area (TPSA) is 26.0 Å². The molecule has 0 N–H and O–H groups in total. The lowest BCUT2D eigenvalue weighted by molar-refractivity contribution is 0.378. The van der Waals surface area contributed by atoms with E-state index in [9.17, 15) is 0 Å². The van der Waals surface area contributed by atoms with Crippen LogP contribution in [0.5, 0.6) is 0 Å². The summed E-state index contributed by atoms with van der Waals surface area (Å²) in [6.07, 6.45) is 4.30. The molecule has 58 valence electrons. The minimum Gasteiger partial charge on any atom is -0.360 e. The molecule has 0 saturated carbocycles. The predicted molar refractivity (Wildman–Crippen MR) is 43.2 cm³/mol. The zero-order chi connectivity index (χ0) is 7.84. The highest BCUT2D eigenvalue weighted by molar-refractivity contribution is 5.58. The third kappa shape index (κ3) is 0.985. The van der Waals surface area contributed by atoms with Crippen LogP contribution in [0.1, 0.15) is 30.4 Å². The molecular weight excluding hydrogens is 138 g/mol. The van der Waals surface area contributed by atoms with Crippen LogP contribution in [0.2, 0.25) is 0 Å². The molecule has 0 aromatic carbocycles. The molecule has 1 aliphatic carbocycles. The maximum atomic E-state index is 5.14. The Kier molecular flexibility index (Phi) is 1.34. The van der Waals surface area contributed by atoms with Crippen LogP contribution in [-0.4, -0.2) is 5.16 Å². The molecule has 0 radical (unpaired) electrons. The normalized spacial score (nSPS) is 16.0. The van der Waals surface area contributed by atoms with E-state index in [1.807, 2.05) is 6.92 Å². The van der Waals surface area contributed by atoms with E-state index in [-0.39, 0.29) is 0 Å². The largest absolute Gasteiger partial charge is 0.360 e. The number of fused-ring (bicyclic) bond motifs is 1. The van der Waals surface area contributed by atoms with Crippen molar-refractivity contribution in [1.29, 1.82) is 0 Å². The Morgan fingerprint density at radius 3 is 3.00 bits per heavy atom. The van der Waals surface area contributed by atoms with Crippen LogP contribution in [0, 0.1) is 6.92 Å². The highest BCUT2D eigenvalue weighted by Crippen LogP contribution is 2.25. The Balaban J connectivity index is 2.55. The van der Waals surface area contributed by atoms with Crippen LogP contribution in [0.3, 0.4) is 0 Å². The monoisotopic (exact) mass is 149 g/mol. The summed E-state index contributed by atoms with van der Waals surface area (Å²) in [5.74, 6) is 1.05. The van der Waals surface area contributed by atoms with Crippen molar-refractivity contribution < 1.29 is 4.52 Å². The molecule has 0 fully saturated rings. The molecule has 2 nitrogen and oxygen atoms in total. The highest BCUT2D eigenvalue weighted by Gasteiger charge is 2.14. The average molecular weight is 149 g/mol. The number of rotatable bonds is 0. The molecule has 1 aromatic heterocycles. The van der Waals surface area contributed by atoms with Crippen LogP contribution >= 0.6 is 0 Å². The number of allylic oxidation sites excluding steroid dienone is 1. The summed E-state index contributed by atoms with van der Waals surface area (Å²) in [6, 6.07) is 0. The Bertz CT molecular complexity index is 309. The summed E-state index contributed by atoms with van der Waals surface area (Å²) >= 11 is 0. The van der Waals surface area contributed by atoms with Crippen molar-refractivity contribution in [3.05, 3.63) is 22.6 Å². The maximum Gasteiger partial charge on any atom is 0.144 e. The average Bonchev–Trinajstić information content (AvgIpc) is 2.33. The zero-order valence-electron chi connectivity index (χ0n) is 6.85. The quantitative estimate of drug-likeness (QED) is 0.565. The summed E-state index contributed by atoms with van der Waals surface area (Å²) in [5, 5.41) is 3.91. The fourth-order valence-electron chi connectivity index (χ4n) is 1.42. The number of aryl methyl sites for hydroxylation is 2. The summed E-state index contributed by atoms with van der Waals surface area (Å²) in [4.78, 5) is 0. The van der Waals surface area contributed by atoms with Gasteiger partial charge in [0, 0.05) is 12.0 Å². The lowest BCUT2D eigenvalue weighted by Crippen LogP contribution is -1.94. The molecule has 0 bridgehead atoms. The molecular formula is C9H11NO. The van der Waals surface area contributed by atoms with E-state index in [0.717, 1.165) is 24.3 Å². The van der Waals surface area contributed by atoms with Gasteiger partial charge in [0.2, 0.25) is 0 Å². The van der Waals surface area contributed by atoms with Crippen molar-refractivity contribution in [2.45, 2.75) is 26.7 Å². The van der Waals surface area contributed by atoms with Crippen molar-refractivity contribution in [1.82, 2.24) is 5.16 Å². The van der Waals surface area contributed by atoms with Gasteiger partial charge in [-0.05, 0) is 20.3 Å². The van der Waals surface area contributed by atoms with Gasteiger partial charge in [-0.3, -0.25) is 0 Å². The molecule has 0 spiro atoms.